The molecule has 0 aromatic carbocycles. The zero-order valence-corrected chi connectivity index (χ0v) is 6.65. The maximum absolute atomic E-state index is 11.0. The van der Waals surface area contributed by atoms with Gasteiger partial charge in [-0.15, -0.1) is 0 Å². The number of hydrogen-bond donors (Lipinski definition) is 2. The first-order valence-electron chi connectivity index (χ1n) is 2.77. The Balaban J connectivity index is 3.76. The Labute approximate surface area is 55.3 Å². The molecular formula is C5H14O3S. The van der Waals surface area contributed by atoms with Gasteiger partial charge in [-0.25, -0.2) is 4.21 Å². The van der Waals surface area contributed by atoms with Crippen LogP contribution in [0.15, 0.2) is 0 Å². The van der Waals surface area contributed by atoms with Crippen LogP contribution in [0.2, 0.25) is 0 Å². The second kappa shape index (κ2) is 2.36. The molecule has 3 nitrogen and oxygen atoms in total. The summed E-state index contributed by atoms with van der Waals surface area (Å²) in [6, 6.07) is 0. The summed E-state index contributed by atoms with van der Waals surface area (Å²) in [6.07, 6.45) is 3.02. The third-order valence-corrected chi connectivity index (χ3v) is 2.34. The highest BCUT2D eigenvalue weighted by Gasteiger charge is 2.11. The Hall–Kier alpha value is 0.0700. The van der Waals surface area contributed by atoms with Crippen molar-refractivity contribution in [1.29, 1.82) is 0 Å². The number of rotatable bonds is 3. The molecule has 0 aromatic rings. The van der Waals surface area contributed by atoms with E-state index >= 15 is 0 Å². The van der Waals surface area contributed by atoms with Crippen LogP contribution in [0.4, 0.5) is 0 Å². The van der Waals surface area contributed by atoms with E-state index in [9.17, 15) is 4.21 Å². The molecule has 0 rings (SSSR count). The van der Waals surface area contributed by atoms with Crippen LogP contribution in [0.1, 0.15) is 6.42 Å². The van der Waals surface area contributed by atoms with E-state index in [0.29, 0.717) is 6.42 Å². The van der Waals surface area contributed by atoms with Gasteiger partial charge in [-0.05, 0) is 6.42 Å². The summed E-state index contributed by atoms with van der Waals surface area (Å²) in [5.41, 5.74) is 0. The van der Waals surface area contributed by atoms with Crippen LogP contribution in [0.3, 0.4) is 0 Å². The van der Waals surface area contributed by atoms with Crippen LogP contribution in [0.25, 0.3) is 0 Å². The highest BCUT2D eigenvalue weighted by Crippen LogP contribution is 2.11. The van der Waals surface area contributed by atoms with Gasteiger partial charge < -0.3 is 9.66 Å². The van der Waals surface area contributed by atoms with Crippen molar-refractivity contribution in [2.45, 2.75) is 6.42 Å². The third kappa shape index (κ3) is 8.07. The highest BCUT2D eigenvalue weighted by atomic mass is 32.3. The number of hydrogen-bond acceptors (Lipinski definition) is 2. The molecule has 58 valence electrons. The molecule has 9 heavy (non-hydrogen) atoms. The average molecular weight is 154 g/mol. The molecule has 0 aliphatic heterocycles. The Bertz CT molecular complexity index is 135. The summed E-state index contributed by atoms with van der Waals surface area (Å²) in [5, 5.41) is 8.31. The first-order chi connectivity index (χ1) is 3.81. The zero-order chi connectivity index (χ0) is 7.57. The fourth-order valence-electron chi connectivity index (χ4n) is 0.477. The molecule has 0 radical (unpaired) electrons. The number of aliphatic hydroxyl groups excluding tert-OH is 1. The van der Waals surface area contributed by atoms with Gasteiger partial charge >= 0.3 is 0 Å². The van der Waals surface area contributed by atoms with Crippen molar-refractivity contribution >= 4 is 9.35 Å². The van der Waals surface area contributed by atoms with E-state index in [1.54, 1.807) is 0 Å². The van der Waals surface area contributed by atoms with Gasteiger partial charge in [0, 0.05) is 24.9 Å². The molecule has 0 aliphatic carbocycles. The molecule has 0 aliphatic rings. The SMILES string of the molecule is CS(C)(=O)(O)CCCO. The van der Waals surface area contributed by atoms with E-state index in [2.05, 4.69) is 0 Å². The zero-order valence-electron chi connectivity index (χ0n) is 5.83. The van der Waals surface area contributed by atoms with E-state index in [4.69, 9.17) is 9.66 Å². The van der Waals surface area contributed by atoms with Gasteiger partial charge in [0.2, 0.25) is 0 Å². The first-order valence-corrected chi connectivity index (χ1v) is 5.68. The first kappa shape index (κ1) is 9.07. The normalized spacial score (nSPS) is 16.7. The van der Waals surface area contributed by atoms with Crippen LogP contribution >= 0.6 is 0 Å². The molecule has 0 saturated heterocycles. The minimum atomic E-state index is -3.32. The van der Waals surface area contributed by atoms with Gasteiger partial charge in [-0.2, -0.15) is 9.35 Å². The van der Waals surface area contributed by atoms with E-state index < -0.39 is 9.35 Å². The predicted octanol–water partition coefficient (Wildman–Crippen LogP) is -0.0785. The van der Waals surface area contributed by atoms with Gasteiger partial charge in [-0.3, -0.25) is 0 Å². The van der Waals surface area contributed by atoms with Gasteiger partial charge in [0.25, 0.3) is 0 Å². The maximum Gasteiger partial charge on any atom is 0.0445 e. The van der Waals surface area contributed by atoms with Crippen molar-refractivity contribution in [1.82, 2.24) is 0 Å². The lowest BCUT2D eigenvalue weighted by Crippen LogP contribution is -2.32. The van der Waals surface area contributed by atoms with Crippen LogP contribution < -0.4 is 0 Å². The smallest absolute Gasteiger partial charge is 0.0445 e. The molecular weight excluding hydrogens is 140 g/mol. The minimum absolute atomic E-state index is 0.0171. The molecule has 0 aromatic heterocycles. The van der Waals surface area contributed by atoms with Crippen molar-refractivity contribution in [3.05, 3.63) is 0 Å². The van der Waals surface area contributed by atoms with Gasteiger partial charge in [0.1, 0.15) is 0 Å². The Morgan fingerprint density at radius 3 is 2.00 bits per heavy atom. The molecule has 0 amide bonds. The van der Waals surface area contributed by atoms with E-state index in [1.165, 1.54) is 12.5 Å². The Kier molecular flexibility index (Phi) is 2.38. The summed E-state index contributed by atoms with van der Waals surface area (Å²) in [4.78, 5) is 0. The summed E-state index contributed by atoms with van der Waals surface area (Å²) in [5.74, 6) is 0.188. The molecule has 0 spiro atoms. The molecule has 0 unspecified atom stereocenters. The summed E-state index contributed by atoms with van der Waals surface area (Å²) >= 11 is 0. The summed E-state index contributed by atoms with van der Waals surface area (Å²) < 4.78 is 20.0. The standard InChI is InChI=1S/C5H14O3S/c1-9(2,7,8)5-3-4-6/h6H,3-5H2,1-2H3,(H,7,8). The molecule has 0 bridgehead atoms. The molecule has 2 N–H and O–H groups in total. The van der Waals surface area contributed by atoms with Gasteiger partial charge in [0.05, 0.1) is 0 Å². The van der Waals surface area contributed by atoms with Crippen molar-refractivity contribution < 1.29 is 13.9 Å². The fourth-order valence-corrected chi connectivity index (χ4v) is 1.43. The Morgan fingerprint density at radius 2 is 1.89 bits per heavy atom. The second-order valence-corrected chi connectivity index (χ2v) is 7.21. The topological polar surface area (TPSA) is 57.5 Å². The summed E-state index contributed by atoms with van der Waals surface area (Å²) in [6.45, 7) is -0.0171. The lowest BCUT2D eigenvalue weighted by molar-refractivity contribution is 0.294. The fraction of sp³-hybridized carbons (Fsp3) is 1.00. The van der Waals surface area contributed by atoms with Crippen molar-refractivity contribution in [3.63, 3.8) is 0 Å². The summed E-state index contributed by atoms with van der Waals surface area (Å²) in [7, 11) is -3.32. The van der Waals surface area contributed by atoms with Gasteiger partial charge in [0.15, 0.2) is 0 Å². The number of aliphatic hydroxyl groups is 1. The largest absolute Gasteiger partial charge is 0.396 e. The van der Waals surface area contributed by atoms with Crippen LogP contribution in [0, 0.1) is 0 Å². The van der Waals surface area contributed by atoms with Crippen LogP contribution in [0.5, 0.6) is 0 Å². The van der Waals surface area contributed by atoms with E-state index in [0.717, 1.165) is 0 Å². The monoisotopic (exact) mass is 154 g/mol. The lowest BCUT2D eigenvalue weighted by atomic mass is 10.5. The van der Waals surface area contributed by atoms with Gasteiger partial charge in [-0.1, -0.05) is 0 Å². The van der Waals surface area contributed by atoms with Crippen molar-refractivity contribution in [2.24, 2.45) is 0 Å². The highest BCUT2D eigenvalue weighted by molar-refractivity contribution is 8.13. The minimum Gasteiger partial charge on any atom is -0.396 e. The van der Waals surface area contributed by atoms with Crippen LogP contribution in [-0.2, 0) is 9.35 Å². The lowest BCUT2D eigenvalue weighted by Gasteiger charge is -2.33. The van der Waals surface area contributed by atoms with E-state index in [-0.39, 0.29) is 12.4 Å². The Morgan fingerprint density at radius 1 is 1.44 bits per heavy atom. The third-order valence-electron chi connectivity index (χ3n) is 0.885. The van der Waals surface area contributed by atoms with Crippen molar-refractivity contribution in [2.75, 3.05) is 24.9 Å². The molecule has 0 fully saturated rings. The van der Waals surface area contributed by atoms with Crippen LogP contribution in [-0.4, -0.2) is 38.7 Å². The molecule has 0 heterocycles. The average Bonchev–Trinajstić information content (AvgIpc) is 1.57. The maximum atomic E-state index is 11.0. The van der Waals surface area contributed by atoms with E-state index in [1.807, 2.05) is 0 Å². The molecule has 4 heteroatoms. The molecule has 0 saturated carbocycles. The predicted molar refractivity (Wildman–Crippen MR) is 39.2 cm³/mol. The van der Waals surface area contributed by atoms with Crippen molar-refractivity contribution in [3.8, 4) is 0 Å². The second-order valence-electron chi connectivity index (χ2n) is 2.79. The quantitative estimate of drug-likeness (QED) is 0.598. The molecule has 0 atom stereocenters.